The van der Waals surface area contributed by atoms with Crippen LogP contribution in [0.1, 0.15) is 37.6 Å². The molecule has 5 nitrogen and oxygen atoms in total. The Morgan fingerprint density at radius 3 is 2.48 bits per heavy atom. The molecule has 0 saturated carbocycles. The number of hydrogen-bond donors (Lipinski definition) is 2. The number of anilines is 1. The van der Waals surface area contributed by atoms with E-state index in [-0.39, 0.29) is 23.2 Å². The third-order valence-corrected chi connectivity index (χ3v) is 3.97. The van der Waals surface area contributed by atoms with Gasteiger partial charge in [0.2, 0.25) is 10.0 Å². The summed E-state index contributed by atoms with van der Waals surface area (Å²) < 4.78 is 37.9. The topological polar surface area (TPSA) is 75.3 Å². The molecule has 2 N–H and O–H groups in total. The van der Waals surface area contributed by atoms with Gasteiger partial charge >= 0.3 is 0 Å². The van der Waals surface area contributed by atoms with Crippen molar-refractivity contribution in [1.82, 2.24) is 5.32 Å². The van der Waals surface area contributed by atoms with Crippen LogP contribution in [-0.4, -0.2) is 26.6 Å². The van der Waals surface area contributed by atoms with E-state index in [0.717, 1.165) is 18.7 Å². The molecule has 0 radical (unpaired) electrons. The summed E-state index contributed by atoms with van der Waals surface area (Å²) >= 11 is 0. The van der Waals surface area contributed by atoms with Gasteiger partial charge in [-0.3, -0.25) is 9.52 Å². The average Bonchev–Trinajstić information content (AvgIpc) is 2.38. The second kappa shape index (κ2) is 6.89. The van der Waals surface area contributed by atoms with Crippen LogP contribution in [0.4, 0.5) is 10.1 Å². The minimum absolute atomic E-state index is 0.0288. The molecule has 1 aromatic rings. The summed E-state index contributed by atoms with van der Waals surface area (Å²) in [4.78, 5) is 12.1. The van der Waals surface area contributed by atoms with Gasteiger partial charge in [0.25, 0.3) is 5.91 Å². The van der Waals surface area contributed by atoms with Crippen LogP contribution in [0.5, 0.6) is 0 Å². The maximum atomic E-state index is 13.6. The molecule has 118 valence electrons. The molecular weight excluding hydrogens is 295 g/mol. The third kappa shape index (κ3) is 5.34. The molecule has 7 heteroatoms. The highest BCUT2D eigenvalue weighted by atomic mass is 32.2. The van der Waals surface area contributed by atoms with Crippen LogP contribution in [0, 0.1) is 11.7 Å². The molecule has 0 aliphatic carbocycles. The van der Waals surface area contributed by atoms with Crippen molar-refractivity contribution in [2.45, 2.75) is 33.2 Å². The standard InChI is InChI=1S/C14H21FN2O3S/c1-5-9(2)10(3)16-14(18)11-6-7-12(15)13(8-11)17-21(4,19)20/h6-10,17H,5H2,1-4H3,(H,16,18). The molecule has 0 aliphatic heterocycles. The fourth-order valence-electron chi connectivity index (χ4n) is 1.73. The molecule has 2 unspecified atom stereocenters. The van der Waals surface area contributed by atoms with Crippen LogP contribution in [0.3, 0.4) is 0 Å². The lowest BCUT2D eigenvalue weighted by molar-refractivity contribution is 0.0928. The fourth-order valence-corrected chi connectivity index (χ4v) is 2.29. The molecule has 1 rings (SSSR count). The first kappa shape index (κ1) is 17.4. The van der Waals surface area contributed by atoms with Crippen molar-refractivity contribution in [3.8, 4) is 0 Å². The van der Waals surface area contributed by atoms with E-state index >= 15 is 0 Å². The van der Waals surface area contributed by atoms with Crippen LogP contribution in [-0.2, 0) is 10.0 Å². The number of sulfonamides is 1. The smallest absolute Gasteiger partial charge is 0.251 e. The highest BCUT2D eigenvalue weighted by Gasteiger charge is 2.16. The summed E-state index contributed by atoms with van der Waals surface area (Å²) in [5.74, 6) is -0.783. The number of halogens is 1. The number of nitrogens with one attached hydrogen (secondary N) is 2. The predicted molar refractivity (Wildman–Crippen MR) is 81.2 cm³/mol. The SMILES string of the molecule is CCC(C)C(C)NC(=O)c1ccc(F)c(NS(C)(=O)=O)c1. The van der Waals surface area contributed by atoms with Gasteiger partial charge in [-0.05, 0) is 31.0 Å². The molecule has 2 atom stereocenters. The second-order valence-corrected chi connectivity index (χ2v) is 6.96. The van der Waals surface area contributed by atoms with Crippen LogP contribution in [0.15, 0.2) is 18.2 Å². The number of hydrogen-bond acceptors (Lipinski definition) is 3. The number of carbonyl (C=O) groups excluding carboxylic acids is 1. The van der Waals surface area contributed by atoms with Crippen LogP contribution < -0.4 is 10.0 Å². The monoisotopic (exact) mass is 316 g/mol. The Balaban J connectivity index is 2.94. The van der Waals surface area contributed by atoms with E-state index in [2.05, 4.69) is 5.32 Å². The normalized spacial score (nSPS) is 14.3. The molecule has 0 heterocycles. The maximum absolute atomic E-state index is 13.6. The van der Waals surface area contributed by atoms with Crippen molar-refractivity contribution in [2.75, 3.05) is 11.0 Å². The number of rotatable bonds is 6. The van der Waals surface area contributed by atoms with Crippen molar-refractivity contribution in [3.63, 3.8) is 0 Å². The lowest BCUT2D eigenvalue weighted by atomic mass is 10.0. The molecule has 0 bridgehead atoms. The van der Waals surface area contributed by atoms with E-state index in [9.17, 15) is 17.6 Å². The van der Waals surface area contributed by atoms with Gasteiger partial charge in [-0.1, -0.05) is 20.3 Å². The van der Waals surface area contributed by atoms with Crippen LogP contribution in [0.25, 0.3) is 0 Å². The number of amides is 1. The molecule has 0 fully saturated rings. The van der Waals surface area contributed by atoms with E-state index in [1.165, 1.54) is 12.1 Å². The van der Waals surface area contributed by atoms with Crippen molar-refractivity contribution < 1.29 is 17.6 Å². The van der Waals surface area contributed by atoms with E-state index in [1.54, 1.807) is 0 Å². The molecular formula is C14H21FN2O3S. The summed E-state index contributed by atoms with van der Waals surface area (Å²) in [7, 11) is -3.60. The van der Waals surface area contributed by atoms with Gasteiger partial charge in [0.05, 0.1) is 11.9 Å². The fraction of sp³-hybridized carbons (Fsp3) is 0.500. The molecule has 0 aliphatic rings. The Morgan fingerprint density at radius 1 is 1.33 bits per heavy atom. The van der Waals surface area contributed by atoms with Crippen molar-refractivity contribution in [2.24, 2.45) is 5.92 Å². The summed E-state index contributed by atoms with van der Waals surface area (Å²) in [5.41, 5.74) is -0.0287. The summed E-state index contributed by atoms with van der Waals surface area (Å²) in [6.07, 6.45) is 1.84. The van der Waals surface area contributed by atoms with Gasteiger partial charge < -0.3 is 5.32 Å². The lowest BCUT2D eigenvalue weighted by Gasteiger charge is -2.20. The minimum Gasteiger partial charge on any atom is -0.349 e. The van der Waals surface area contributed by atoms with Crippen LogP contribution >= 0.6 is 0 Å². The lowest BCUT2D eigenvalue weighted by Crippen LogP contribution is -2.36. The number of carbonyl (C=O) groups is 1. The molecule has 1 aromatic carbocycles. The van der Waals surface area contributed by atoms with Gasteiger partial charge in [-0.25, -0.2) is 12.8 Å². The highest BCUT2D eigenvalue weighted by Crippen LogP contribution is 2.18. The van der Waals surface area contributed by atoms with Crippen LogP contribution in [0.2, 0.25) is 0 Å². The zero-order chi connectivity index (χ0) is 16.2. The Bertz CT molecular complexity index is 617. The molecule has 0 aromatic heterocycles. The first-order valence-electron chi connectivity index (χ1n) is 6.72. The molecule has 0 saturated heterocycles. The van der Waals surface area contributed by atoms with Gasteiger partial charge in [-0.2, -0.15) is 0 Å². The van der Waals surface area contributed by atoms with E-state index in [0.29, 0.717) is 5.92 Å². The molecule has 0 spiro atoms. The van der Waals surface area contributed by atoms with Gasteiger partial charge in [-0.15, -0.1) is 0 Å². The third-order valence-electron chi connectivity index (χ3n) is 3.38. The Labute approximate surface area is 125 Å². The van der Waals surface area contributed by atoms with E-state index in [1.807, 2.05) is 25.5 Å². The largest absolute Gasteiger partial charge is 0.349 e. The predicted octanol–water partition coefficient (Wildman–Crippen LogP) is 2.36. The van der Waals surface area contributed by atoms with Gasteiger partial charge in [0.1, 0.15) is 5.82 Å². The molecule has 1 amide bonds. The summed E-state index contributed by atoms with van der Waals surface area (Å²) in [5, 5.41) is 2.82. The average molecular weight is 316 g/mol. The van der Waals surface area contributed by atoms with E-state index < -0.39 is 15.8 Å². The zero-order valence-electron chi connectivity index (χ0n) is 12.6. The summed E-state index contributed by atoms with van der Waals surface area (Å²) in [6.45, 7) is 5.94. The Hall–Kier alpha value is -1.63. The minimum atomic E-state index is -3.60. The zero-order valence-corrected chi connectivity index (χ0v) is 13.4. The Kier molecular flexibility index (Phi) is 5.71. The van der Waals surface area contributed by atoms with Gasteiger partial charge in [0, 0.05) is 11.6 Å². The van der Waals surface area contributed by atoms with E-state index in [4.69, 9.17) is 0 Å². The number of benzene rings is 1. The quantitative estimate of drug-likeness (QED) is 0.846. The first-order valence-corrected chi connectivity index (χ1v) is 8.61. The second-order valence-electron chi connectivity index (χ2n) is 5.22. The van der Waals surface area contributed by atoms with Gasteiger partial charge in [0.15, 0.2) is 0 Å². The highest BCUT2D eigenvalue weighted by molar-refractivity contribution is 7.92. The van der Waals surface area contributed by atoms with Crippen molar-refractivity contribution >= 4 is 21.6 Å². The summed E-state index contributed by atoms with van der Waals surface area (Å²) in [6, 6.07) is 3.55. The first-order chi connectivity index (χ1) is 9.64. The van der Waals surface area contributed by atoms with Crippen molar-refractivity contribution in [1.29, 1.82) is 0 Å². The maximum Gasteiger partial charge on any atom is 0.251 e. The Morgan fingerprint density at radius 2 is 1.95 bits per heavy atom. The molecule has 21 heavy (non-hydrogen) atoms. The van der Waals surface area contributed by atoms with Crippen molar-refractivity contribution in [3.05, 3.63) is 29.6 Å².